The number of amides is 1. The molecule has 3 aromatic heterocycles. The van der Waals surface area contributed by atoms with Gasteiger partial charge in [0.15, 0.2) is 11.5 Å². The molecule has 0 saturated heterocycles. The molecule has 0 bridgehead atoms. The Bertz CT molecular complexity index is 1210. The number of fused-ring (bicyclic) bond motifs is 1. The van der Waals surface area contributed by atoms with Gasteiger partial charge in [0.2, 0.25) is 5.91 Å². The summed E-state index contributed by atoms with van der Waals surface area (Å²) in [5.41, 5.74) is 4.22. The van der Waals surface area contributed by atoms with Crippen LogP contribution in [0.5, 0.6) is 5.75 Å². The molecule has 0 fully saturated rings. The van der Waals surface area contributed by atoms with Crippen LogP contribution in [-0.4, -0.2) is 37.8 Å². The van der Waals surface area contributed by atoms with Crippen molar-refractivity contribution in [2.24, 2.45) is 5.92 Å². The standard InChI is InChI=1S/C24H28N6O2/c1-15(2)13-20(24-29-27-21-7-5-6-12-30(21)24)25-22(31)14-19-16(3)26-28-23(19)17-8-10-18(32-4)11-9-17/h5-12,15,20H,13-14H2,1-4H3,(H,25,31)(H,26,28)/t20-/m1/s1. The summed E-state index contributed by atoms with van der Waals surface area (Å²) in [5, 5.41) is 19.3. The van der Waals surface area contributed by atoms with Crippen molar-refractivity contribution in [3.63, 3.8) is 0 Å². The fourth-order valence-corrected chi connectivity index (χ4v) is 3.86. The molecular weight excluding hydrogens is 404 g/mol. The number of carbonyl (C=O) groups excluding carboxylic acids is 1. The van der Waals surface area contributed by atoms with Gasteiger partial charge in [0.05, 0.1) is 25.3 Å². The van der Waals surface area contributed by atoms with Crippen molar-refractivity contribution in [1.29, 1.82) is 0 Å². The number of aryl methyl sites for hydroxylation is 1. The Labute approximate surface area is 187 Å². The van der Waals surface area contributed by atoms with E-state index in [1.807, 2.05) is 60.0 Å². The average molecular weight is 433 g/mol. The first-order valence-corrected chi connectivity index (χ1v) is 10.7. The lowest BCUT2D eigenvalue weighted by atomic mass is 10.0. The van der Waals surface area contributed by atoms with Crippen LogP contribution in [0.2, 0.25) is 0 Å². The number of nitrogens with zero attached hydrogens (tertiary/aromatic N) is 4. The van der Waals surface area contributed by atoms with Crippen LogP contribution >= 0.6 is 0 Å². The molecule has 1 aromatic carbocycles. The predicted octanol–water partition coefficient (Wildman–Crippen LogP) is 3.88. The van der Waals surface area contributed by atoms with Gasteiger partial charge in [0.1, 0.15) is 5.75 Å². The maximum atomic E-state index is 13.1. The van der Waals surface area contributed by atoms with Gasteiger partial charge in [-0.05, 0) is 55.7 Å². The van der Waals surface area contributed by atoms with Crippen molar-refractivity contribution < 1.29 is 9.53 Å². The van der Waals surface area contributed by atoms with Gasteiger partial charge < -0.3 is 10.1 Å². The number of hydrogen-bond acceptors (Lipinski definition) is 5. The molecule has 0 radical (unpaired) electrons. The van der Waals surface area contributed by atoms with Crippen LogP contribution in [0.25, 0.3) is 16.9 Å². The quantitative estimate of drug-likeness (QED) is 0.440. The number of rotatable bonds is 8. The number of benzene rings is 1. The van der Waals surface area contributed by atoms with Gasteiger partial charge in [0.25, 0.3) is 0 Å². The second-order valence-corrected chi connectivity index (χ2v) is 8.32. The zero-order valence-electron chi connectivity index (χ0n) is 18.8. The number of pyridine rings is 1. The molecule has 4 rings (SSSR count). The topological polar surface area (TPSA) is 97.2 Å². The lowest BCUT2D eigenvalue weighted by molar-refractivity contribution is -0.121. The van der Waals surface area contributed by atoms with Crippen molar-refractivity contribution in [3.8, 4) is 17.0 Å². The summed E-state index contributed by atoms with van der Waals surface area (Å²) in [5.74, 6) is 1.81. The fraction of sp³-hybridized carbons (Fsp3) is 0.333. The molecule has 8 nitrogen and oxygen atoms in total. The minimum atomic E-state index is -0.239. The van der Waals surface area contributed by atoms with Gasteiger partial charge in [-0.3, -0.25) is 14.3 Å². The maximum absolute atomic E-state index is 13.1. The molecule has 32 heavy (non-hydrogen) atoms. The maximum Gasteiger partial charge on any atom is 0.225 e. The molecule has 0 aliphatic heterocycles. The summed E-state index contributed by atoms with van der Waals surface area (Å²) in [6, 6.07) is 13.2. The van der Waals surface area contributed by atoms with Crippen LogP contribution in [0.4, 0.5) is 0 Å². The van der Waals surface area contributed by atoms with E-state index in [0.717, 1.165) is 46.2 Å². The minimum Gasteiger partial charge on any atom is -0.497 e. The van der Waals surface area contributed by atoms with E-state index in [1.165, 1.54) is 0 Å². The van der Waals surface area contributed by atoms with Crippen LogP contribution in [-0.2, 0) is 11.2 Å². The fourth-order valence-electron chi connectivity index (χ4n) is 3.86. The average Bonchev–Trinajstić information content (AvgIpc) is 3.37. The van der Waals surface area contributed by atoms with Crippen molar-refractivity contribution in [2.45, 2.75) is 39.7 Å². The molecule has 0 spiro atoms. The number of nitrogens with one attached hydrogen (secondary N) is 2. The van der Waals surface area contributed by atoms with Gasteiger partial charge >= 0.3 is 0 Å². The lowest BCUT2D eigenvalue weighted by Crippen LogP contribution is -2.32. The van der Waals surface area contributed by atoms with E-state index in [-0.39, 0.29) is 18.4 Å². The highest BCUT2D eigenvalue weighted by Crippen LogP contribution is 2.27. The molecule has 166 valence electrons. The lowest BCUT2D eigenvalue weighted by Gasteiger charge is -2.19. The van der Waals surface area contributed by atoms with Crippen LogP contribution in [0.3, 0.4) is 0 Å². The summed E-state index contributed by atoms with van der Waals surface area (Å²) < 4.78 is 7.17. The zero-order chi connectivity index (χ0) is 22.7. The Morgan fingerprint density at radius 1 is 1.16 bits per heavy atom. The smallest absolute Gasteiger partial charge is 0.225 e. The third kappa shape index (κ3) is 4.49. The van der Waals surface area contributed by atoms with Crippen molar-refractivity contribution in [2.75, 3.05) is 7.11 Å². The number of aromatic amines is 1. The number of ether oxygens (including phenoxy) is 1. The molecule has 3 heterocycles. The highest BCUT2D eigenvalue weighted by Gasteiger charge is 2.23. The number of H-pyrrole nitrogens is 1. The van der Waals surface area contributed by atoms with E-state index < -0.39 is 0 Å². The third-order valence-electron chi connectivity index (χ3n) is 5.47. The highest BCUT2D eigenvalue weighted by atomic mass is 16.5. The first-order valence-electron chi connectivity index (χ1n) is 10.7. The Morgan fingerprint density at radius 3 is 2.66 bits per heavy atom. The number of methoxy groups -OCH3 is 1. The second kappa shape index (κ2) is 9.21. The summed E-state index contributed by atoms with van der Waals surface area (Å²) in [4.78, 5) is 13.1. The second-order valence-electron chi connectivity index (χ2n) is 8.32. The van der Waals surface area contributed by atoms with Gasteiger partial charge in [0, 0.05) is 23.0 Å². The van der Waals surface area contributed by atoms with Crippen LogP contribution in [0.15, 0.2) is 48.7 Å². The molecule has 0 aliphatic carbocycles. The summed E-state index contributed by atoms with van der Waals surface area (Å²) in [6.45, 7) is 6.19. The molecule has 2 N–H and O–H groups in total. The summed E-state index contributed by atoms with van der Waals surface area (Å²) in [7, 11) is 1.63. The van der Waals surface area contributed by atoms with Gasteiger partial charge in [-0.15, -0.1) is 10.2 Å². The molecule has 0 unspecified atom stereocenters. The highest BCUT2D eigenvalue weighted by molar-refractivity contribution is 5.82. The van der Waals surface area contributed by atoms with Crippen molar-refractivity contribution in [3.05, 3.63) is 65.7 Å². The van der Waals surface area contributed by atoms with Gasteiger partial charge in [-0.1, -0.05) is 19.9 Å². The molecule has 4 aromatic rings. The van der Waals surface area contributed by atoms with Crippen molar-refractivity contribution >= 4 is 11.6 Å². The number of carbonyl (C=O) groups is 1. The largest absolute Gasteiger partial charge is 0.497 e. The molecule has 1 amide bonds. The molecule has 8 heteroatoms. The summed E-state index contributed by atoms with van der Waals surface area (Å²) >= 11 is 0. The third-order valence-corrected chi connectivity index (χ3v) is 5.47. The molecular formula is C24H28N6O2. The Kier molecular flexibility index (Phi) is 6.20. The molecule has 1 atom stereocenters. The Hall–Kier alpha value is -3.68. The monoisotopic (exact) mass is 432 g/mol. The minimum absolute atomic E-state index is 0.0809. The van der Waals surface area contributed by atoms with Crippen molar-refractivity contribution in [1.82, 2.24) is 30.1 Å². The van der Waals surface area contributed by atoms with Gasteiger partial charge in [-0.25, -0.2) is 0 Å². The SMILES string of the molecule is COc1ccc(-c2n[nH]c(C)c2CC(=O)N[C@H](CC(C)C)c2nnc3ccccn23)cc1. The van der Waals surface area contributed by atoms with E-state index in [1.54, 1.807) is 7.11 Å². The zero-order valence-corrected chi connectivity index (χ0v) is 18.8. The number of hydrogen-bond donors (Lipinski definition) is 2. The molecule has 0 aliphatic rings. The van der Waals surface area contributed by atoms with Gasteiger partial charge in [-0.2, -0.15) is 5.10 Å². The number of aromatic nitrogens is 5. The van der Waals surface area contributed by atoms with E-state index in [2.05, 4.69) is 39.6 Å². The predicted molar refractivity (Wildman–Crippen MR) is 122 cm³/mol. The van der Waals surface area contributed by atoms with Crippen LogP contribution < -0.4 is 10.1 Å². The Morgan fingerprint density at radius 2 is 1.94 bits per heavy atom. The van der Waals surface area contributed by atoms with E-state index in [4.69, 9.17) is 4.74 Å². The van der Waals surface area contributed by atoms with E-state index in [9.17, 15) is 4.79 Å². The first-order chi connectivity index (χ1) is 15.5. The normalized spacial score (nSPS) is 12.3. The first kappa shape index (κ1) is 21.5. The van der Waals surface area contributed by atoms with Crippen LogP contribution in [0.1, 0.15) is 43.4 Å². The summed E-state index contributed by atoms with van der Waals surface area (Å²) in [6.07, 6.45) is 2.90. The molecule has 0 saturated carbocycles. The van der Waals surface area contributed by atoms with E-state index >= 15 is 0 Å². The Balaban J connectivity index is 1.57. The van der Waals surface area contributed by atoms with Crippen LogP contribution in [0, 0.1) is 12.8 Å². The van der Waals surface area contributed by atoms with E-state index in [0.29, 0.717) is 5.92 Å².